The number of carbonyl (C=O) groups excluding carboxylic acids is 2. The number of nitrogens with zero attached hydrogens (tertiary/aromatic N) is 1. The molecule has 2 rings (SSSR count). The van der Waals surface area contributed by atoms with Crippen molar-refractivity contribution in [2.24, 2.45) is 0 Å². The molecular weight excluding hydrogens is 451 g/mol. The number of alkyl halides is 1. The van der Waals surface area contributed by atoms with E-state index in [0.717, 1.165) is 16.9 Å². The molecule has 0 saturated carbocycles. The quantitative estimate of drug-likeness (QED) is 0.153. The molecule has 0 aliphatic carbocycles. The second-order valence-electron chi connectivity index (χ2n) is 7.63. The molecule has 1 aromatic carbocycles. The number of benzene rings is 1. The maximum Gasteiger partial charge on any atom is 0.334 e. The van der Waals surface area contributed by atoms with Gasteiger partial charge in [0.05, 0.1) is 18.6 Å². The normalized spacial score (nSPS) is 13.7. The molecule has 0 spiro atoms. The van der Waals surface area contributed by atoms with Crippen LogP contribution in [0.3, 0.4) is 0 Å². The number of amides is 3. The number of hydrogen-bond acceptors (Lipinski definition) is 6. The zero-order chi connectivity index (χ0) is 24.9. The molecular formula is C21H30FN6O6+. The Morgan fingerprint density at radius 2 is 1.76 bits per heavy atom. The molecule has 34 heavy (non-hydrogen) atoms. The number of carbonyl (C=O) groups is 4. The number of allylic oxidation sites excluding steroid dienone is 1. The summed E-state index contributed by atoms with van der Waals surface area (Å²) in [6.07, 6.45) is 3.65. The van der Waals surface area contributed by atoms with Crippen molar-refractivity contribution in [3.8, 4) is 0 Å². The Bertz CT molecular complexity index is 894. The van der Waals surface area contributed by atoms with Crippen LogP contribution in [0.1, 0.15) is 44.1 Å². The van der Waals surface area contributed by atoms with E-state index in [9.17, 15) is 23.6 Å². The Labute approximate surface area is 195 Å². The number of aryl methyl sites for hydroxylation is 1. The number of aliphatic carboxylic acids is 2. The molecule has 0 aromatic heterocycles. The van der Waals surface area contributed by atoms with E-state index in [1.165, 1.54) is 0 Å². The number of anilines is 1. The summed E-state index contributed by atoms with van der Waals surface area (Å²) in [7, 11) is 0. The van der Waals surface area contributed by atoms with Gasteiger partial charge in [-0.3, -0.25) is 19.4 Å². The molecule has 0 radical (unpaired) electrons. The second-order valence-corrected chi connectivity index (χ2v) is 7.63. The Hall–Kier alpha value is -3.71. The highest BCUT2D eigenvalue weighted by molar-refractivity contribution is 5.85. The molecule has 13 heteroatoms. The number of hydrogen-bond donors (Lipinski definition) is 7. The molecule has 1 atom stereocenters. The van der Waals surface area contributed by atoms with Crippen LogP contribution in [0.4, 0.5) is 14.9 Å². The summed E-state index contributed by atoms with van der Waals surface area (Å²) in [5, 5.41) is 21.6. The molecule has 0 fully saturated rings. The number of carboxylic acids is 2. The van der Waals surface area contributed by atoms with E-state index in [-0.39, 0.29) is 19.5 Å². The summed E-state index contributed by atoms with van der Waals surface area (Å²) < 4.78 is 12.3. The average Bonchev–Trinajstić information content (AvgIpc) is 3.28. The number of urea groups is 1. The lowest BCUT2D eigenvalue weighted by molar-refractivity contribution is -0.659. The van der Waals surface area contributed by atoms with Gasteiger partial charge >= 0.3 is 18.0 Å². The van der Waals surface area contributed by atoms with E-state index in [1.54, 1.807) is 0 Å². The van der Waals surface area contributed by atoms with Crippen molar-refractivity contribution in [3.05, 3.63) is 41.7 Å². The van der Waals surface area contributed by atoms with Gasteiger partial charge in [0.1, 0.15) is 11.7 Å². The minimum Gasteiger partial charge on any atom is -0.481 e. The van der Waals surface area contributed by atoms with E-state index in [0.29, 0.717) is 25.7 Å². The van der Waals surface area contributed by atoms with Gasteiger partial charge in [-0.25, -0.2) is 25.4 Å². The maximum atomic E-state index is 12.3. The standard InChI is InChI=1S/C21H29FN6O6/c22-12-2-4-15-13-28(27-24-15)16-8-6-14(7-9-16)3-1-5-18(29)25-26-21(34)23-17(20(32)33)10-11-19(30)31/h6-9,13,17,24,27H,1-5,10-12H2,(H,25,29)(H,30,31)(H,32,33)(H2,23,26,34)/p+1/t17-/m0/s1. The zero-order valence-electron chi connectivity index (χ0n) is 18.6. The van der Waals surface area contributed by atoms with Gasteiger partial charge in [-0.15, -0.1) is 0 Å². The third-order valence-corrected chi connectivity index (χ3v) is 4.93. The van der Waals surface area contributed by atoms with Gasteiger partial charge < -0.3 is 15.5 Å². The molecule has 12 nitrogen and oxygen atoms in total. The van der Waals surface area contributed by atoms with Crippen molar-refractivity contribution in [2.45, 2.75) is 51.0 Å². The first-order valence-corrected chi connectivity index (χ1v) is 10.8. The predicted octanol–water partition coefficient (Wildman–Crippen LogP) is 0.0518. The first-order chi connectivity index (χ1) is 16.3. The smallest absolute Gasteiger partial charge is 0.334 e. The summed E-state index contributed by atoms with van der Waals surface area (Å²) in [4.78, 5) is 45.3. The van der Waals surface area contributed by atoms with Crippen LogP contribution in [0.15, 0.2) is 36.2 Å². The average molecular weight is 482 g/mol. The van der Waals surface area contributed by atoms with Crippen LogP contribution in [0.25, 0.3) is 0 Å². The fourth-order valence-corrected chi connectivity index (χ4v) is 3.13. The summed E-state index contributed by atoms with van der Waals surface area (Å²) >= 11 is 0. The summed E-state index contributed by atoms with van der Waals surface area (Å²) in [5.74, 6) is -3.01. The van der Waals surface area contributed by atoms with Crippen molar-refractivity contribution in [1.82, 2.24) is 21.7 Å². The molecule has 1 aliphatic rings. The maximum absolute atomic E-state index is 12.3. The molecule has 1 aromatic rings. The van der Waals surface area contributed by atoms with Crippen molar-refractivity contribution >= 4 is 29.6 Å². The SMILES string of the molecule is O=C(O)CC[C@H](NC(=O)NNC(=O)CCCc1ccc(N2C=C(CCCF)[NH2+]N2)cc1)C(=O)O. The van der Waals surface area contributed by atoms with Crippen LogP contribution in [0.2, 0.25) is 0 Å². The largest absolute Gasteiger partial charge is 0.481 e. The van der Waals surface area contributed by atoms with Crippen molar-refractivity contribution in [3.63, 3.8) is 0 Å². The van der Waals surface area contributed by atoms with E-state index >= 15 is 0 Å². The van der Waals surface area contributed by atoms with E-state index in [1.807, 2.05) is 40.9 Å². The van der Waals surface area contributed by atoms with Crippen LogP contribution in [0, 0.1) is 0 Å². The number of nitrogens with one attached hydrogen (secondary N) is 4. The summed E-state index contributed by atoms with van der Waals surface area (Å²) in [6.45, 7) is -0.346. The Kier molecular flexibility index (Phi) is 10.7. The van der Waals surface area contributed by atoms with Gasteiger partial charge in [0.25, 0.3) is 0 Å². The van der Waals surface area contributed by atoms with Crippen molar-refractivity contribution < 1.29 is 39.2 Å². The van der Waals surface area contributed by atoms with Gasteiger partial charge in [0.2, 0.25) is 5.91 Å². The Balaban J connectivity index is 1.68. The van der Waals surface area contributed by atoms with Crippen LogP contribution >= 0.6 is 0 Å². The lowest BCUT2D eigenvalue weighted by Gasteiger charge is -2.14. The topological polar surface area (TPSA) is 177 Å². The first-order valence-electron chi connectivity index (χ1n) is 10.8. The molecule has 0 unspecified atom stereocenters. The molecule has 1 aliphatic heterocycles. The minimum absolute atomic E-state index is 0.132. The van der Waals surface area contributed by atoms with E-state index < -0.39 is 36.3 Å². The van der Waals surface area contributed by atoms with Crippen LogP contribution in [-0.4, -0.2) is 46.8 Å². The molecule has 186 valence electrons. The number of hydrazine groups is 2. The van der Waals surface area contributed by atoms with Crippen LogP contribution < -0.4 is 32.1 Å². The second kappa shape index (κ2) is 13.7. The highest BCUT2D eigenvalue weighted by atomic mass is 19.1. The van der Waals surface area contributed by atoms with Crippen LogP contribution in [-0.2, 0) is 20.8 Å². The van der Waals surface area contributed by atoms with Gasteiger partial charge in [0, 0.05) is 19.3 Å². The van der Waals surface area contributed by atoms with E-state index in [2.05, 4.69) is 21.7 Å². The Morgan fingerprint density at radius 1 is 1.03 bits per heavy atom. The molecule has 0 bridgehead atoms. The fourth-order valence-electron chi connectivity index (χ4n) is 3.13. The molecule has 0 saturated heterocycles. The van der Waals surface area contributed by atoms with Gasteiger partial charge in [-0.05, 0) is 43.4 Å². The molecule has 1 heterocycles. The number of rotatable bonds is 13. The number of quaternary nitrogens is 1. The lowest BCUT2D eigenvalue weighted by Crippen LogP contribution is -2.90. The summed E-state index contributed by atoms with van der Waals surface area (Å²) in [5.41, 5.74) is 12.2. The number of carboxylic acid groups (broad SMARTS) is 2. The van der Waals surface area contributed by atoms with Crippen molar-refractivity contribution in [1.29, 1.82) is 0 Å². The first kappa shape index (κ1) is 26.5. The van der Waals surface area contributed by atoms with Gasteiger partial charge in [0.15, 0.2) is 0 Å². The van der Waals surface area contributed by atoms with Crippen LogP contribution in [0.5, 0.6) is 0 Å². The highest BCUT2D eigenvalue weighted by Crippen LogP contribution is 2.17. The monoisotopic (exact) mass is 481 g/mol. The summed E-state index contributed by atoms with van der Waals surface area (Å²) in [6, 6.07) is 5.41. The molecule has 8 N–H and O–H groups in total. The minimum atomic E-state index is -1.39. The Morgan fingerprint density at radius 3 is 2.41 bits per heavy atom. The number of halogens is 1. The lowest BCUT2D eigenvalue weighted by atomic mass is 10.1. The van der Waals surface area contributed by atoms with Gasteiger partial charge in [-0.2, -0.15) is 0 Å². The van der Waals surface area contributed by atoms with Crippen molar-refractivity contribution in [2.75, 3.05) is 11.7 Å². The fraction of sp³-hybridized carbons (Fsp3) is 0.429. The molecule has 3 amide bonds. The zero-order valence-corrected chi connectivity index (χ0v) is 18.6. The van der Waals surface area contributed by atoms with Gasteiger partial charge in [-0.1, -0.05) is 17.7 Å². The third kappa shape index (κ3) is 9.42. The predicted molar refractivity (Wildman–Crippen MR) is 118 cm³/mol. The highest BCUT2D eigenvalue weighted by Gasteiger charge is 2.21. The third-order valence-electron chi connectivity index (χ3n) is 4.93. The van der Waals surface area contributed by atoms with E-state index in [4.69, 9.17) is 10.2 Å². The number of nitrogens with two attached hydrogens (primary N) is 1.